The van der Waals surface area contributed by atoms with Crippen molar-refractivity contribution in [2.45, 2.75) is 53.0 Å². The van der Waals surface area contributed by atoms with Crippen molar-refractivity contribution < 1.29 is 9.59 Å². The number of aromatic amines is 1. The first-order valence-corrected chi connectivity index (χ1v) is 11.4. The number of nitrogens with one attached hydrogen (secondary N) is 2. The second kappa shape index (κ2) is 11.5. The fourth-order valence-electron chi connectivity index (χ4n) is 3.04. The highest BCUT2D eigenvalue weighted by Gasteiger charge is 2.24. The van der Waals surface area contributed by atoms with E-state index in [0.29, 0.717) is 30.9 Å². The van der Waals surface area contributed by atoms with E-state index in [2.05, 4.69) is 10.3 Å². The maximum Gasteiger partial charge on any atom is 0.330 e. The normalized spacial score (nSPS) is 11.0. The van der Waals surface area contributed by atoms with Gasteiger partial charge in [0.05, 0.1) is 0 Å². The molecule has 2 aromatic heterocycles. The Balaban J connectivity index is 2.24. The van der Waals surface area contributed by atoms with Crippen LogP contribution in [0.2, 0.25) is 0 Å². The van der Waals surface area contributed by atoms with Gasteiger partial charge in [0.25, 0.3) is 11.5 Å². The van der Waals surface area contributed by atoms with Gasteiger partial charge in [0.1, 0.15) is 5.82 Å². The summed E-state index contributed by atoms with van der Waals surface area (Å²) in [5.74, 6) is -0.320. The lowest BCUT2D eigenvalue weighted by atomic mass is 10.1. The highest BCUT2D eigenvalue weighted by molar-refractivity contribution is 7.08. The zero-order chi connectivity index (χ0) is 23.0. The van der Waals surface area contributed by atoms with E-state index in [1.54, 1.807) is 16.8 Å². The van der Waals surface area contributed by atoms with Gasteiger partial charge in [-0.15, -0.1) is 0 Å². The van der Waals surface area contributed by atoms with Gasteiger partial charge in [-0.25, -0.2) is 4.79 Å². The molecule has 2 rings (SSSR count). The minimum absolute atomic E-state index is 0.000931. The number of aromatic nitrogens is 2. The molecule has 4 N–H and O–H groups in total. The van der Waals surface area contributed by atoms with Crippen LogP contribution in [0.4, 0.5) is 11.5 Å². The maximum absolute atomic E-state index is 13.0. The number of rotatable bonds is 11. The van der Waals surface area contributed by atoms with Gasteiger partial charge in [-0.2, -0.15) is 11.3 Å². The average molecular weight is 450 g/mol. The molecule has 0 aliphatic heterocycles. The summed E-state index contributed by atoms with van der Waals surface area (Å²) in [6.45, 7) is 6.77. The summed E-state index contributed by atoms with van der Waals surface area (Å²) in [6.07, 6.45) is 2.21. The molecule has 0 fully saturated rings. The summed E-state index contributed by atoms with van der Waals surface area (Å²) in [7, 11) is 0. The number of hydrogen-bond acceptors (Lipinski definition) is 6. The van der Waals surface area contributed by atoms with Crippen molar-refractivity contribution in [1.82, 2.24) is 14.9 Å². The minimum Gasteiger partial charge on any atom is -0.383 e. The lowest BCUT2D eigenvalue weighted by Crippen LogP contribution is -2.42. The lowest BCUT2D eigenvalue weighted by Gasteiger charge is -2.25. The van der Waals surface area contributed by atoms with Crippen molar-refractivity contribution in [3.8, 4) is 0 Å². The van der Waals surface area contributed by atoms with Crippen LogP contribution in [0.15, 0.2) is 26.4 Å². The number of unbranched alkanes of at least 4 members (excludes halogenated alkanes) is 1. The Labute approximate surface area is 185 Å². The van der Waals surface area contributed by atoms with E-state index >= 15 is 0 Å². The van der Waals surface area contributed by atoms with Crippen LogP contribution in [0.1, 0.15) is 56.8 Å². The lowest BCUT2D eigenvalue weighted by molar-refractivity contribution is -0.118. The van der Waals surface area contributed by atoms with Crippen molar-refractivity contribution >= 4 is 34.7 Å². The van der Waals surface area contributed by atoms with Crippen molar-refractivity contribution in [1.29, 1.82) is 0 Å². The van der Waals surface area contributed by atoms with Gasteiger partial charge in [-0.05, 0) is 30.2 Å². The van der Waals surface area contributed by atoms with Gasteiger partial charge >= 0.3 is 5.69 Å². The van der Waals surface area contributed by atoms with Gasteiger partial charge in [-0.3, -0.25) is 23.9 Å². The first-order valence-electron chi connectivity index (χ1n) is 10.5. The van der Waals surface area contributed by atoms with Crippen molar-refractivity contribution in [2.75, 3.05) is 23.7 Å². The number of carbonyl (C=O) groups is 2. The summed E-state index contributed by atoms with van der Waals surface area (Å²) >= 11 is 1.41. The molecule has 0 spiro atoms. The average Bonchev–Trinajstić information content (AvgIpc) is 3.24. The molecule has 0 aromatic carbocycles. The fraction of sp³-hybridized carbons (Fsp3) is 0.524. The van der Waals surface area contributed by atoms with Crippen LogP contribution in [-0.2, 0) is 11.3 Å². The molecular weight excluding hydrogens is 418 g/mol. The van der Waals surface area contributed by atoms with Gasteiger partial charge in [0, 0.05) is 37.0 Å². The number of amides is 2. The number of nitrogens with zero attached hydrogens (tertiary/aromatic N) is 2. The molecule has 2 aromatic rings. The molecule has 0 aliphatic rings. The molecule has 0 atom stereocenters. The van der Waals surface area contributed by atoms with E-state index in [1.165, 1.54) is 20.8 Å². The smallest absolute Gasteiger partial charge is 0.330 e. The number of anilines is 2. The molecule has 9 nitrogen and oxygen atoms in total. The Morgan fingerprint density at radius 2 is 2.06 bits per heavy atom. The third-order valence-corrected chi connectivity index (χ3v) is 5.54. The van der Waals surface area contributed by atoms with Crippen LogP contribution in [-0.4, -0.2) is 34.5 Å². The molecule has 170 valence electrons. The van der Waals surface area contributed by atoms with E-state index in [-0.39, 0.29) is 42.8 Å². The highest BCUT2D eigenvalue weighted by Crippen LogP contribution is 2.19. The second-order valence-corrected chi connectivity index (χ2v) is 8.52. The summed E-state index contributed by atoms with van der Waals surface area (Å²) in [5, 5.41) is 6.24. The fourth-order valence-corrected chi connectivity index (χ4v) is 3.67. The van der Waals surface area contributed by atoms with E-state index in [4.69, 9.17) is 5.73 Å². The van der Waals surface area contributed by atoms with Gasteiger partial charge in [-0.1, -0.05) is 27.2 Å². The number of nitrogens with two attached hydrogens (primary N) is 1. The van der Waals surface area contributed by atoms with Crippen LogP contribution < -0.4 is 27.2 Å². The Hall–Kier alpha value is -2.88. The summed E-state index contributed by atoms with van der Waals surface area (Å²) in [6, 6.07) is 1.70. The number of hydrogen-bond donors (Lipinski definition) is 3. The predicted molar refractivity (Wildman–Crippen MR) is 124 cm³/mol. The standard InChI is InChI=1S/C21H31N5O4S/c1-4-5-10-26-18(22)17(20(29)24-21(26)30)25(11-7-14(2)3)16(27)6-9-23-19(28)15-8-12-31-13-15/h8,12-14H,4-7,9-11,22H2,1-3H3,(H,23,28)(H,24,29,30). The molecule has 0 saturated carbocycles. The second-order valence-electron chi connectivity index (χ2n) is 7.74. The predicted octanol–water partition coefficient (Wildman–Crippen LogP) is 2.18. The first-order chi connectivity index (χ1) is 14.8. The largest absolute Gasteiger partial charge is 0.383 e. The summed E-state index contributed by atoms with van der Waals surface area (Å²) in [4.78, 5) is 53.6. The van der Waals surface area contributed by atoms with Gasteiger partial charge in [0.2, 0.25) is 5.91 Å². The Morgan fingerprint density at radius 3 is 2.68 bits per heavy atom. The van der Waals surface area contributed by atoms with Gasteiger partial charge in [0.15, 0.2) is 5.69 Å². The van der Waals surface area contributed by atoms with E-state index < -0.39 is 11.2 Å². The Kier molecular flexibility index (Phi) is 9.04. The summed E-state index contributed by atoms with van der Waals surface area (Å²) < 4.78 is 1.30. The van der Waals surface area contributed by atoms with Crippen LogP contribution in [0.3, 0.4) is 0 Å². The first kappa shape index (κ1) is 24.4. The van der Waals surface area contributed by atoms with Gasteiger partial charge < -0.3 is 16.0 Å². The Morgan fingerprint density at radius 1 is 1.32 bits per heavy atom. The molecule has 0 aliphatic carbocycles. The van der Waals surface area contributed by atoms with E-state index in [1.807, 2.05) is 20.8 Å². The molecule has 2 heterocycles. The zero-order valence-corrected chi connectivity index (χ0v) is 19.1. The number of thiophene rings is 1. The highest BCUT2D eigenvalue weighted by atomic mass is 32.1. The van der Waals surface area contributed by atoms with Crippen molar-refractivity contribution in [2.24, 2.45) is 5.92 Å². The van der Waals surface area contributed by atoms with E-state index in [0.717, 1.165) is 6.42 Å². The number of nitrogen functional groups attached to an aromatic ring is 1. The quantitative estimate of drug-likeness (QED) is 0.484. The minimum atomic E-state index is -0.685. The molecule has 0 unspecified atom stereocenters. The topological polar surface area (TPSA) is 130 Å². The molecule has 0 radical (unpaired) electrons. The Bertz CT molecular complexity index is 994. The number of H-pyrrole nitrogens is 1. The molecule has 0 bridgehead atoms. The molecule has 0 saturated heterocycles. The van der Waals surface area contributed by atoms with Crippen LogP contribution >= 0.6 is 11.3 Å². The van der Waals surface area contributed by atoms with Crippen molar-refractivity contribution in [3.05, 3.63) is 43.2 Å². The van der Waals surface area contributed by atoms with Crippen LogP contribution in [0, 0.1) is 5.92 Å². The van der Waals surface area contributed by atoms with Crippen LogP contribution in [0.5, 0.6) is 0 Å². The molecule has 10 heteroatoms. The van der Waals surface area contributed by atoms with Crippen molar-refractivity contribution in [3.63, 3.8) is 0 Å². The molecular formula is C21H31N5O4S. The number of carbonyl (C=O) groups excluding carboxylic acids is 2. The molecule has 2 amide bonds. The van der Waals surface area contributed by atoms with Crippen LogP contribution in [0.25, 0.3) is 0 Å². The maximum atomic E-state index is 13.0. The SMILES string of the molecule is CCCCn1c(N)c(N(CCC(C)C)C(=O)CCNC(=O)c2ccsc2)c(=O)[nH]c1=O. The zero-order valence-electron chi connectivity index (χ0n) is 18.3. The third kappa shape index (κ3) is 6.55. The summed E-state index contributed by atoms with van der Waals surface area (Å²) in [5.41, 5.74) is 5.45. The monoisotopic (exact) mass is 449 g/mol. The molecule has 31 heavy (non-hydrogen) atoms. The van der Waals surface area contributed by atoms with E-state index in [9.17, 15) is 19.2 Å². The third-order valence-electron chi connectivity index (χ3n) is 4.86.